The summed E-state index contributed by atoms with van der Waals surface area (Å²) in [5, 5.41) is 0. The van der Waals surface area contributed by atoms with Crippen LogP contribution in [-0.4, -0.2) is 15.0 Å². The zero-order valence-electron chi connectivity index (χ0n) is 13.4. The molecule has 0 fully saturated rings. The fraction of sp³-hybridized carbons (Fsp3) is 0.389. The number of allylic oxidation sites excluding steroid dienone is 2. The van der Waals surface area contributed by atoms with Crippen LogP contribution in [-0.2, 0) is 0 Å². The molecule has 0 amide bonds. The Morgan fingerprint density at radius 3 is 2.68 bits per heavy atom. The molecule has 2 heterocycles. The molecule has 0 radical (unpaired) electrons. The van der Waals surface area contributed by atoms with Crippen LogP contribution in [0.4, 0.5) is 5.95 Å². The molecule has 4 heteroatoms. The third-order valence-electron chi connectivity index (χ3n) is 4.33. The number of nitrogens with two attached hydrogens (primary N) is 1. The van der Waals surface area contributed by atoms with Gasteiger partial charge in [-0.25, -0.2) is 9.97 Å². The summed E-state index contributed by atoms with van der Waals surface area (Å²) in [6.45, 7) is 6.60. The molecule has 0 aromatic carbocycles. The van der Waals surface area contributed by atoms with Gasteiger partial charge in [0.15, 0.2) is 0 Å². The molecule has 2 aromatic heterocycles. The number of hydrogen-bond donors (Lipinski definition) is 1. The minimum Gasteiger partial charge on any atom is -0.368 e. The number of anilines is 1. The Morgan fingerprint density at radius 2 is 2.05 bits per heavy atom. The zero-order valence-corrected chi connectivity index (χ0v) is 13.4. The van der Waals surface area contributed by atoms with Crippen molar-refractivity contribution in [2.24, 2.45) is 5.41 Å². The SMILES string of the molecule is Cc1nc(N)nc(C2=CCC(C)(C)CC2)c1-c1cccnc1. The van der Waals surface area contributed by atoms with Crippen LogP contribution in [0.1, 0.15) is 44.5 Å². The van der Waals surface area contributed by atoms with Crippen molar-refractivity contribution in [2.75, 3.05) is 5.73 Å². The van der Waals surface area contributed by atoms with Crippen LogP contribution in [0.2, 0.25) is 0 Å². The van der Waals surface area contributed by atoms with Crippen LogP contribution in [0, 0.1) is 12.3 Å². The van der Waals surface area contributed by atoms with Crippen LogP contribution in [0.15, 0.2) is 30.6 Å². The number of pyridine rings is 1. The third kappa shape index (κ3) is 2.86. The van der Waals surface area contributed by atoms with E-state index in [9.17, 15) is 0 Å². The van der Waals surface area contributed by atoms with Gasteiger partial charge in [-0.05, 0) is 43.2 Å². The third-order valence-corrected chi connectivity index (χ3v) is 4.33. The van der Waals surface area contributed by atoms with Gasteiger partial charge < -0.3 is 5.73 Å². The maximum Gasteiger partial charge on any atom is 0.220 e. The Bertz CT molecular complexity index is 717. The molecule has 114 valence electrons. The molecule has 0 atom stereocenters. The molecule has 2 N–H and O–H groups in total. The number of nitrogen functional groups attached to an aromatic ring is 1. The Balaban J connectivity index is 2.14. The lowest BCUT2D eigenvalue weighted by Crippen LogP contribution is -2.15. The Labute approximate surface area is 131 Å². The minimum atomic E-state index is 0.339. The predicted molar refractivity (Wildman–Crippen MR) is 90.0 cm³/mol. The molecule has 3 rings (SSSR count). The van der Waals surface area contributed by atoms with Gasteiger partial charge in [0.1, 0.15) is 0 Å². The molecule has 0 saturated heterocycles. The van der Waals surface area contributed by atoms with E-state index >= 15 is 0 Å². The molecule has 2 aromatic rings. The first-order valence-electron chi connectivity index (χ1n) is 7.70. The average Bonchev–Trinajstić information content (AvgIpc) is 2.47. The standard InChI is InChI=1S/C18H22N4/c1-12-15(14-5-4-10-20-11-14)16(22-17(19)21-12)13-6-8-18(2,3)9-7-13/h4-6,10-11H,7-9H2,1-3H3,(H2,19,21,22). The average molecular weight is 294 g/mol. The van der Waals surface area contributed by atoms with Crippen LogP contribution >= 0.6 is 0 Å². The molecule has 0 spiro atoms. The predicted octanol–water partition coefficient (Wildman–Crippen LogP) is 4.02. The highest BCUT2D eigenvalue weighted by Gasteiger charge is 2.25. The second kappa shape index (κ2) is 5.52. The summed E-state index contributed by atoms with van der Waals surface area (Å²) < 4.78 is 0. The van der Waals surface area contributed by atoms with Crippen molar-refractivity contribution in [3.8, 4) is 11.1 Å². The second-order valence-electron chi connectivity index (χ2n) is 6.73. The maximum atomic E-state index is 5.90. The Hall–Kier alpha value is -2.23. The van der Waals surface area contributed by atoms with Crippen molar-refractivity contribution in [3.63, 3.8) is 0 Å². The van der Waals surface area contributed by atoms with Crippen molar-refractivity contribution in [3.05, 3.63) is 42.0 Å². The molecule has 4 nitrogen and oxygen atoms in total. The van der Waals surface area contributed by atoms with E-state index in [1.54, 1.807) is 6.20 Å². The molecule has 22 heavy (non-hydrogen) atoms. The van der Waals surface area contributed by atoms with Gasteiger partial charge in [0.25, 0.3) is 0 Å². The molecule has 0 bridgehead atoms. The molecule has 0 saturated carbocycles. The van der Waals surface area contributed by atoms with Gasteiger partial charge in [-0.3, -0.25) is 4.98 Å². The van der Waals surface area contributed by atoms with E-state index in [2.05, 4.69) is 34.9 Å². The molecular weight excluding hydrogens is 272 g/mol. The van der Waals surface area contributed by atoms with Crippen molar-refractivity contribution >= 4 is 11.5 Å². The highest BCUT2D eigenvalue weighted by Crippen LogP contribution is 2.40. The lowest BCUT2D eigenvalue weighted by molar-refractivity contribution is 0.335. The normalized spacial score (nSPS) is 17.1. The number of aryl methyl sites for hydroxylation is 1. The van der Waals surface area contributed by atoms with Gasteiger partial charge in [0, 0.05) is 23.5 Å². The summed E-state index contributed by atoms with van der Waals surface area (Å²) in [6, 6.07) is 3.99. The summed E-state index contributed by atoms with van der Waals surface area (Å²) >= 11 is 0. The second-order valence-corrected chi connectivity index (χ2v) is 6.73. The van der Waals surface area contributed by atoms with E-state index in [4.69, 9.17) is 5.73 Å². The molecule has 1 aliphatic rings. The first-order chi connectivity index (χ1) is 10.5. The van der Waals surface area contributed by atoms with Crippen LogP contribution in [0.5, 0.6) is 0 Å². The monoisotopic (exact) mass is 294 g/mol. The largest absolute Gasteiger partial charge is 0.368 e. The molecule has 0 aliphatic heterocycles. The number of rotatable bonds is 2. The summed E-state index contributed by atoms with van der Waals surface area (Å²) in [4.78, 5) is 13.1. The number of hydrogen-bond acceptors (Lipinski definition) is 4. The van der Waals surface area contributed by atoms with E-state index in [0.29, 0.717) is 11.4 Å². The summed E-state index contributed by atoms with van der Waals surface area (Å²) in [6.07, 6.45) is 9.20. The first kappa shape index (κ1) is 14.7. The van der Waals surface area contributed by atoms with Crippen molar-refractivity contribution < 1.29 is 0 Å². The van der Waals surface area contributed by atoms with E-state index in [1.165, 1.54) is 5.57 Å². The quantitative estimate of drug-likeness (QED) is 0.908. The fourth-order valence-corrected chi connectivity index (χ4v) is 2.97. The fourth-order valence-electron chi connectivity index (χ4n) is 2.97. The minimum absolute atomic E-state index is 0.339. The molecule has 0 unspecified atom stereocenters. The Morgan fingerprint density at radius 1 is 1.23 bits per heavy atom. The van der Waals surface area contributed by atoms with Crippen molar-refractivity contribution in [2.45, 2.75) is 40.0 Å². The zero-order chi connectivity index (χ0) is 15.7. The number of aromatic nitrogens is 3. The smallest absolute Gasteiger partial charge is 0.220 e. The highest BCUT2D eigenvalue weighted by molar-refractivity contribution is 5.81. The van der Waals surface area contributed by atoms with Crippen LogP contribution in [0.25, 0.3) is 16.7 Å². The molecular formula is C18H22N4. The Kier molecular flexibility index (Phi) is 3.69. The van der Waals surface area contributed by atoms with Gasteiger partial charge in [-0.15, -0.1) is 0 Å². The van der Waals surface area contributed by atoms with Gasteiger partial charge in [-0.1, -0.05) is 26.0 Å². The lowest BCUT2D eigenvalue weighted by atomic mass is 9.77. The summed E-state index contributed by atoms with van der Waals surface area (Å²) in [7, 11) is 0. The van der Waals surface area contributed by atoms with Gasteiger partial charge in [0.2, 0.25) is 5.95 Å². The van der Waals surface area contributed by atoms with E-state index in [-0.39, 0.29) is 0 Å². The van der Waals surface area contributed by atoms with Gasteiger partial charge in [0.05, 0.1) is 11.4 Å². The maximum absolute atomic E-state index is 5.90. The summed E-state index contributed by atoms with van der Waals surface area (Å²) in [5.74, 6) is 0.339. The van der Waals surface area contributed by atoms with Gasteiger partial charge in [-0.2, -0.15) is 0 Å². The van der Waals surface area contributed by atoms with Crippen LogP contribution in [0.3, 0.4) is 0 Å². The highest BCUT2D eigenvalue weighted by atomic mass is 15.0. The van der Waals surface area contributed by atoms with Crippen molar-refractivity contribution in [1.82, 2.24) is 15.0 Å². The van der Waals surface area contributed by atoms with E-state index < -0.39 is 0 Å². The van der Waals surface area contributed by atoms with Gasteiger partial charge >= 0.3 is 0 Å². The first-order valence-corrected chi connectivity index (χ1v) is 7.70. The molecule has 1 aliphatic carbocycles. The van der Waals surface area contributed by atoms with E-state index in [0.717, 1.165) is 41.8 Å². The van der Waals surface area contributed by atoms with E-state index in [1.807, 2.05) is 25.3 Å². The lowest BCUT2D eigenvalue weighted by Gasteiger charge is -2.29. The topological polar surface area (TPSA) is 64.7 Å². The number of nitrogens with zero attached hydrogens (tertiary/aromatic N) is 3. The van der Waals surface area contributed by atoms with Crippen LogP contribution < -0.4 is 5.73 Å². The van der Waals surface area contributed by atoms with Crippen molar-refractivity contribution in [1.29, 1.82) is 0 Å². The summed E-state index contributed by atoms with van der Waals surface area (Å²) in [5.41, 5.74) is 11.5.